The van der Waals surface area contributed by atoms with Crippen LogP contribution in [-0.4, -0.2) is 14.5 Å². The second-order valence-electron chi connectivity index (χ2n) is 6.38. The van der Waals surface area contributed by atoms with Crippen molar-refractivity contribution in [1.82, 2.24) is 9.13 Å². The molecule has 1 heterocycles. The molecule has 0 saturated carbocycles. The van der Waals surface area contributed by atoms with E-state index < -0.39 is 0 Å². The van der Waals surface area contributed by atoms with Gasteiger partial charge in [-0.05, 0) is 6.92 Å². The number of fused-ring (bicyclic) bond motifs is 3. The van der Waals surface area contributed by atoms with E-state index >= 15 is 0 Å². The molecule has 4 nitrogen and oxygen atoms in total. The maximum absolute atomic E-state index is 12.6. The standard InChI is InChI=1S/C15H19ClN2O2/c1-7-6-15(3)10(7)9-11(8(2)12(15)16)17(4)14(20)18(5)13(9)19/h6,8,10,12H,1-5H3/t8-,10-,12+,15-/m1/s1. The van der Waals surface area contributed by atoms with Crippen molar-refractivity contribution < 1.29 is 0 Å². The minimum Gasteiger partial charge on any atom is -0.300 e. The summed E-state index contributed by atoms with van der Waals surface area (Å²) in [6.07, 6.45) is 2.17. The molecule has 1 aromatic rings. The highest BCUT2D eigenvalue weighted by molar-refractivity contribution is 6.22. The summed E-state index contributed by atoms with van der Waals surface area (Å²) in [5.74, 6) is 0.00515. The maximum atomic E-state index is 12.6. The molecule has 0 aromatic carbocycles. The van der Waals surface area contributed by atoms with E-state index in [-0.39, 0.29) is 33.9 Å². The molecule has 0 bridgehead atoms. The van der Waals surface area contributed by atoms with Crippen LogP contribution in [0.15, 0.2) is 21.2 Å². The molecule has 2 aliphatic carbocycles. The van der Waals surface area contributed by atoms with Gasteiger partial charge in [0.2, 0.25) is 0 Å². The summed E-state index contributed by atoms with van der Waals surface area (Å²) >= 11 is 6.65. The third-order valence-electron chi connectivity index (χ3n) is 5.12. The van der Waals surface area contributed by atoms with E-state index in [0.29, 0.717) is 0 Å². The quantitative estimate of drug-likeness (QED) is 0.541. The lowest BCUT2D eigenvalue weighted by atomic mass is 9.53. The van der Waals surface area contributed by atoms with E-state index in [1.165, 1.54) is 17.2 Å². The van der Waals surface area contributed by atoms with E-state index in [4.69, 9.17) is 11.6 Å². The Balaban J connectivity index is 2.45. The number of hydrogen-bond acceptors (Lipinski definition) is 2. The van der Waals surface area contributed by atoms with Gasteiger partial charge in [0.1, 0.15) is 0 Å². The van der Waals surface area contributed by atoms with Gasteiger partial charge in [-0.2, -0.15) is 0 Å². The van der Waals surface area contributed by atoms with Crippen LogP contribution in [-0.2, 0) is 14.1 Å². The molecule has 2 aliphatic rings. The number of aromatic nitrogens is 2. The van der Waals surface area contributed by atoms with Gasteiger partial charge in [-0.3, -0.25) is 13.9 Å². The van der Waals surface area contributed by atoms with Crippen molar-refractivity contribution in [1.29, 1.82) is 0 Å². The van der Waals surface area contributed by atoms with Crippen molar-refractivity contribution in [2.45, 2.75) is 38.0 Å². The number of alkyl halides is 1. The van der Waals surface area contributed by atoms with Crippen LogP contribution in [0.25, 0.3) is 0 Å². The van der Waals surface area contributed by atoms with Crippen molar-refractivity contribution in [3.63, 3.8) is 0 Å². The second-order valence-corrected chi connectivity index (χ2v) is 6.85. The summed E-state index contributed by atoms with van der Waals surface area (Å²) in [5.41, 5.74) is 2.06. The smallest absolute Gasteiger partial charge is 0.300 e. The molecule has 0 fully saturated rings. The molecule has 20 heavy (non-hydrogen) atoms. The molecule has 0 unspecified atom stereocenters. The number of rotatable bonds is 0. The van der Waals surface area contributed by atoms with Crippen LogP contribution in [0.5, 0.6) is 0 Å². The molecule has 1 aromatic heterocycles. The topological polar surface area (TPSA) is 44.0 Å². The molecule has 0 aliphatic heterocycles. The average Bonchev–Trinajstić information content (AvgIpc) is 2.39. The molecular weight excluding hydrogens is 276 g/mol. The Labute approximate surface area is 122 Å². The number of hydrogen-bond donors (Lipinski definition) is 0. The third-order valence-corrected chi connectivity index (χ3v) is 5.96. The minimum atomic E-state index is -0.283. The molecule has 0 N–H and O–H groups in total. The zero-order valence-corrected chi connectivity index (χ0v) is 13.2. The summed E-state index contributed by atoms with van der Waals surface area (Å²) in [6, 6.07) is 0. The highest BCUT2D eigenvalue weighted by atomic mass is 35.5. The van der Waals surface area contributed by atoms with E-state index in [1.54, 1.807) is 11.6 Å². The molecule has 0 radical (unpaired) electrons. The summed E-state index contributed by atoms with van der Waals surface area (Å²) in [5, 5.41) is -0.110. The maximum Gasteiger partial charge on any atom is 0.330 e. The van der Waals surface area contributed by atoms with Gasteiger partial charge in [-0.15, -0.1) is 11.6 Å². The first-order valence-electron chi connectivity index (χ1n) is 6.85. The van der Waals surface area contributed by atoms with Crippen LogP contribution < -0.4 is 11.2 Å². The first-order chi connectivity index (χ1) is 9.21. The summed E-state index contributed by atoms with van der Waals surface area (Å²) in [4.78, 5) is 24.7. The fraction of sp³-hybridized carbons (Fsp3) is 0.600. The van der Waals surface area contributed by atoms with Gasteiger partial charge in [-0.25, -0.2) is 4.79 Å². The van der Waals surface area contributed by atoms with Crippen LogP contribution >= 0.6 is 11.6 Å². The van der Waals surface area contributed by atoms with Gasteiger partial charge in [0.25, 0.3) is 5.56 Å². The van der Waals surface area contributed by atoms with Gasteiger partial charge >= 0.3 is 5.69 Å². The predicted octanol–water partition coefficient (Wildman–Crippen LogP) is 1.86. The molecule has 0 saturated heterocycles. The van der Waals surface area contributed by atoms with Crippen molar-refractivity contribution >= 4 is 11.6 Å². The number of nitrogens with zero attached hydrogens (tertiary/aromatic N) is 2. The Kier molecular flexibility index (Phi) is 2.65. The predicted molar refractivity (Wildman–Crippen MR) is 79.6 cm³/mol. The Hall–Kier alpha value is -1.29. The zero-order chi connectivity index (χ0) is 15.0. The highest BCUT2D eigenvalue weighted by Crippen LogP contribution is 2.60. The van der Waals surface area contributed by atoms with Gasteiger partial charge in [-0.1, -0.05) is 25.5 Å². The molecule has 3 rings (SSSR count). The number of halogens is 1. The van der Waals surface area contributed by atoms with E-state index in [9.17, 15) is 9.59 Å². The minimum absolute atomic E-state index is 0.0242. The van der Waals surface area contributed by atoms with Crippen molar-refractivity contribution in [2.75, 3.05) is 0 Å². The average molecular weight is 295 g/mol. The molecule has 4 atom stereocenters. The Morgan fingerprint density at radius 1 is 1.25 bits per heavy atom. The molecule has 108 valence electrons. The highest BCUT2D eigenvalue weighted by Gasteiger charge is 2.55. The normalized spacial score (nSPS) is 34.9. The molecular formula is C15H19ClN2O2. The third kappa shape index (κ3) is 1.33. The van der Waals surface area contributed by atoms with Crippen LogP contribution in [0, 0.1) is 5.41 Å². The monoisotopic (exact) mass is 294 g/mol. The molecule has 0 amide bonds. The Morgan fingerprint density at radius 3 is 2.40 bits per heavy atom. The lowest BCUT2D eigenvalue weighted by molar-refractivity contribution is 0.247. The first-order valence-corrected chi connectivity index (χ1v) is 7.28. The van der Waals surface area contributed by atoms with Gasteiger partial charge in [0.15, 0.2) is 0 Å². The van der Waals surface area contributed by atoms with Crippen LogP contribution in [0.1, 0.15) is 43.9 Å². The first kappa shape index (κ1) is 13.7. The summed E-state index contributed by atoms with van der Waals surface area (Å²) in [7, 11) is 3.26. The Bertz CT molecular complexity index is 758. The van der Waals surface area contributed by atoms with E-state index in [0.717, 1.165) is 11.3 Å². The molecule has 5 heteroatoms. The van der Waals surface area contributed by atoms with Gasteiger partial charge in [0, 0.05) is 42.6 Å². The van der Waals surface area contributed by atoms with Gasteiger partial charge < -0.3 is 0 Å². The van der Waals surface area contributed by atoms with Gasteiger partial charge in [0.05, 0.1) is 5.38 Å². The van der Waals surface area contributed by atoms with Crippen molar-refractivity contribution in [2.24, 2.45) is 19.5 Å². The number of allylic oxidation sites excluding steroid dienone is 2. The van der Waals surface area contributed by atoms with Crippen LogP contribution in [0.4, 0.5) is 0 Å². The van der Waals surface area contributed by atoms with E-state index in [1.807, 2.05) is 13.8 Å². The SMILES string of the molecule is CC1=C[C@]2(C)[C@H]1c1c(n(C)c(=O)n(C)c1=O)[C@@H](C)[C@@H]2Cl. The summed E-state index contributed by atoms with van der Waals surface area (Å²) in [6.45, 7) is 6.13. The van der Waals surface area contributed by atoms with E-state index in [2.05, 4.69) is 13.0 Å². The largest absolute Gasteiger partial charge is 0.330 e. The Morgan fingerprint density at radius 2 is 1.85 bits per heavy atom. The zero-order valence-electron chi connectivity index (χ0n) is 12.4. The summed E-state index contributed by atoms with van der Waals surface area (Å²) < 4.78 is 2.79. The lowest BCUT2D eigenvalue weighted by Gasteiger charge is -2.53. The lowest BCUT2D eigenvalue weighted by Crippen LogP contribution is -2.53. The van der Waals surface area contributed by atoms with Crippen molar-refractivity contribution in [3.05, 3.63) is 43.7 Å². The fourth-order valence-electron chi connectivity index (χ4n) is 4.21. The fourth-order valence-corrected chi connectivity index (χ4v) is 4.52. The van der Waals surface area contributed by atoms with Crippen molar-refractivity contribution in [3.8, 4) is 0 Å². The van der Waals surface area contributed by atoms with Crippen LogP contribution in [0.2, 0.25) is 0 Å². The van der Waals surface area contributed by atoms with Crippen LogP contribution in [0.3, 0.4) is 0 Å². The molecule has 0 spiro atoms. The second kappa shape index (κ2) is 3.88.